The first-order valence-electron chi connectivity index (χ1n) is 13.5. The number of nitrogens with zero attached hydrogens (tertiary/aromatic N) is 2. The summed E-state index contributed by atoms with van der Waals surface area (Å²) in [5.41, 5.74) is 9.91. The van der Waals surface area contributed by atoms with E-state index in [1.54, 1.807) is 0 Å². The van der Waals surface area contributed by atoms with Gasteiger partial charge in [0, 0.05) is 23.2 Å². The molecule has 2 aliphatic carbocycles. The predicted octanol–water partition coefficient (Wildman–Crippen LogP) is 8.18. The quantitative estimate of drug-likeness (QED) is 0.278. The van der Waals surface area contributed by atoms with Crippen LogP contribution in [0.5, 0.6) is 0 Å². The summed E-state index contributed by atoms with van der Waals surface area (Å²) in [6, 6.07) is 9.20. The summed E-state index contributed by atoms with van der Waals surface area (Å²) >= 11 is 0. The highest BCUT2D eigenvalue weighted by molar-refractivity contribution is 6.11. The zero-order valence-corrected chi connectivity index (χ0v) is 22.3. The van der Waals surface area contributed by atoms with Crippen LogP contribution in [-0.4, -0.2) is 4.98 Å². The van der Waals surface area contributed by atoms with Gasteiger partial charge in [-0.25, -0.2) is 9.55 Å². The molecule has 6 rings (SSSR count). The molecule has 0 bridgehead atoms. The molecule has 0 atom stereocenters. The molecule has 1 saturated carbocycles. The molecular formula is C32H39N2O+. The lowest BCUT2D eigenvalue weighted by Crippen LogP contribution is -2.34. The fourth-order valence-electron chi connectivity index (χ4n) is 6.89. The van der Waals surface area contributed by atoms with Crippen molar-refractivity contribution in [2.75, 3.05) is 0 Å². The minimum absolute atomic E-state index is 0.0974. The molecule has 1 fully saturated rings. The molecule has 1 aromatic carbocycles. The number of rotatable bonds is 2. The Kier molecular flexibility index (Phi) is 5.15. The number of furan rings is 1. The second kappa shape index (κ2) is 7.91. The SMILES string of the molecule is Cc1ccc2c(oc3ncc4c(c32)C(C)(C)CCC4(C)C)c1-c1ccc(C2CCCCC2)c[n+]1C. The number of fused-ring (bicyclic) bond motifs is 5. The zero-order chi connectivity index (χ0) is 24.5. The lowest BCUT2D eigenvalue weighted by molar-refractivity contribution is -0.660. The fraction of sp³-hybridized carbons (Fsp3) is 0.500. The number of aryl methyl sites for hydroxylation is 2. The van der Waals surface area contributed by atoms with E-state index in [0.29, 0.717) is 5.92 Å². The molecule has 3 nitrogen and oxygen atoms in total. The van der Waals surface area contributed by atoms with Gasteiger partial charge in [-0.2, -0.15) is 0 Å². The third-order valence-corrected chi connectivity index (χ3v) is 9.15. The standard InChI is InChI=1S/C32H39N2O/c1-20-12-14-23-27-28-24(31(2,3)16-17-32(28,4)5)18-33-30(27)35-29(23)26(20)25-15-13-22(19-34(25)6)21-10-8-7-9-11-21/h12-15,18-19,21H,7-11,16-17H2,1-6H3/q+1. The minimum atomic E-state index is 0.0974. The summed E-state index contributed by atoms with van der Waals surface area (Å²) in [5.74, 6) is 0.702. The fourth-order valence-corrected chi connectivity index (χ4v) is 6.89. The van der Waals surface area contributed by atoms with Gasteiger partial charge in [0.15, 0.2) is 11.8 Å². The number of benzene rings is 1. The molecule has 0 amide bonds. The highest BCUT2D eigenvalue weighted by atomic mass is 16.3. The third-order valence-electron chi connectivity index (χ3n) is 9.15. The largest absolute Gasteiger partial charge is 0.437 e. The topological polar surface area (TPSA) is 29.9 Å². The Balaban J connectivity index is 1.58. The average Bonchev–Trinajstić information content (AvgIpc) is 3.21. The summed E-state index contributed by atoms with van der Waals surface area (Å²) in [5, 5.41) is 2.42. The number of hydrogen-bond donors (Lipinski definition) is 0. The molecule has 0 aliphatic heterocycles. The van der Waals surface area contributed by atoms with E-state index in [9.17, 15) is 0 Å². The second-order valence-electron chi connectivity index (χ2n) is 12.5. The van der Waals surface area contributed by atoms with Crippen LogP contribution in [-0.2, 0) is 17.9 Å². The van der Waals surface area contributed by atoms with Gasteiger partial charge in [-0.05, 0) is 72.1 Å². The Labute approximate surface area is 209 Å². The summed E-state index contributed by atoms with van der Waals surface area (Å²) < 4.78 is 8.94. The van der Waals surface area contributed by atoms with Gasteiger partial charge in [0.05, 0.1) is 10.9 Å². The van der Waals surface area contributed by atoms with Gasteiger partial charge < -0.3 is 4.42 Å². The van der Waals surface area contributed by atoms with Crippen molar-refractivity contribution in [2.24, 2.45) is 7.05 Å². The molecule has 3 heteroatoms. The molecule has 2 aliphatic rings. The van der Waals surface area contributed by atoms with Crippen molar-refractivity contribution in [3.8, 4) is 11.3 Å². The molecule has 0 unspecified atom stereocenters. The van der Waals surface area contributed by atoms with E-state index in [-0.39, 0.29) is 10.8 Å². The van der Waals surface area contributed by atoms with E-state index in [2.05, 4.69) is 82.9 Å². The minimum Gasteiger partial charge on any atom is -0.437 e. The van der Waals surface area contributed by atoms with E-state index >= 15 is 0 Å². The first kappa shape index (κ1) is 22.8. The van der Waals surface area contributed by atoms with E-state index in [1.807, 2.05) is 0 Å². The Morgan fingerprint density at radius 3 is 2.43 bits per heavy atom. The summed E-state index contributed by atoms with van der Waals surface area (Å²) in [6.07, 6.45) is 13.6. The van der Waals surface area contributed by atoms with Crippen molar-refractivity contribution in [1.29, 1.82) is 0 Å². The zero-order valence-electron chi connectivity index (χ0n) is 22.3. The lowest BCUT2D eigenvalue weighted by Gasteiger charge is -2.41. The van der Waals surface area contributed by atoms with Gasteiger partial charge in [-0.3, -0.25) is 0 Å². The van der Waals surface area contributed by atoms with Crippen molar-refractivity contribution < 1.29 is 8.98 Å². The van der Waals surface area contributed by atoms with E-state index in [4.69, 9.17) is 9.40 Å². The molecule has 0 N–H and O–H groups in total. The van der Waals surface area contributed by atoms with Crippen LogP contribution >= 0.6 is 0 Å². The average molecular weight is 468 g/mol. The van der Waals surface area contributed by atoms with Crippen LogP contribution < -0.4 is 4.57 Å². The van der Waals surface area contributed by atoms with Crippen LogP contribution in [0.3, 0.4) is 0 Å². The molecular weight excluding hydrogens is 428 g/mol. The van der Waals surface area contributed by atoms with Crippen molar-refractivity contribution in [3.05, 3.63) is 58.9 Å². The van der Waals surface area contributed by atoms with Crippen LogP contribution in [0.4, 0.5) is 0 Å². The van der Waals surface area contributed by atoms with E-state index < -0.39 is 0 Å². The Morgan fingerprint density at radius 1 is 0.943 bits per heavy atom. The summed E-state index contributed by atoms with van der Waals surface area (Å²) in [6.45, 7) is 11.7. The van der Waals surface area contributed by atoms with Crippen LogP contribution in [0.2, 0.25) is 0 Å². The van der Waals surface area contributed by atoms with Gasteiger partial charge in [-0.15, -0.1) is 0 Å². The van der Waals surface area contributed by atoms with Crippen molar-refractivity contribution in [1.82, 2.24) is 4.98 Å². The highest BCUT2D eigenvalue weighted by Crippen LogP contribution is 2.50. The van der Waals surface area contributed by atoms with Crippen LogP contribution in [0.1, 0.15) is 101 Å². The molecule has 0 saturated heterocycles. The Hall–Kier alpha value is -2.68. The van der Waals surface area contributed by atoms with Gasteiger partial charge in [0.25, 0.3) is 0 Å². The number of pyridine rings is 2. The normalized spacial score (nSPS) is 19.8. The van der Waals surface area contributed by atoms with Gasteiger partial charge >= 0.3 is 0 Å². The maximum Gasteiger partial charge on any atom is 0.227 e. The van der Waals surface area contributed by atoms with Gasteiger partial charge in [-0.1, -0.05) is 59.1 Å². The molecule has 35 heavy (non-hydrogen) atoms. The molecule has 0 radical (unpaired) electrons. The Morgan fingerprint density at radius 2 is 1.69 bits per heavy atom. The van der Waals surface area contributed by atoms with Crippen LogP contribution in [0.25, 0.3) is 33.3 Å². The summed E-state index contributed by atoms with van der Waals surface area (Å²) in [7, 11) is 2.19. The molecule has 3 heterocycles. The number of aromatic nitrogens is 2. The van der Waals surface area contributed by atoms with Crippen molar-refractivity contribution >= 4 is 22.1 Å². The highest BCUT2D eigenvalue weighted by Gasteiger charge is 2.40. The predicted molar refractivity (Wildman–Crippen MR) is 144 cm³/mol. The molecule has 182 valence electrons. The summed E-state index contributed by atoms with van der Waals surface area (Å²) in [4.78, 5) is 4.88. The molecule has 4 aromatic rings. The molecule has 0 spiro atoms. The van der Waals surface area contributed by atoms with E-state index in [0.717, 1.165) is 11.3 Å². The monoisotopic (exact) mass is 467 g/mol. The van der Waals surface area contributed by atoms with Crippen LogP contribution in [0.15, 0.2) is 41.1 Å². The Bertz CT molecular complexity index is 1450. The van der Waals surface area contributed by atoms with Crippen molar-refractivity contribution in [3.63, 3.8) is 0 Å². The maximum atomic E-state index is 6.62. The first-order valence-corrected chi connectivity index (χ1v) is 13.5. The molecule has 3 aromatic heterocycles. The van der Waals surface area contributed by atoms with Gasteiger partial charge in [0.1, 0.15) is 7.05 Å². The van der Waals surface area contributed by atoms with E-state index in [1.165, 1.54) is 89.2 Å². The first-order chi connectivity index (χ1) is 16.7. The lowest BCUT2D eigenvalue weighted by atomic mass is 9.63. The smallest absolute Gasteiger partial charge is 0.227 e. The maximum absolute atomic E-state index is 6.62. The van der Waals surface area contributed by atoms with Gasteiger partial charge in [0.2, 0.25) is 11.4 Å². The van der Waals surface area contributed by atoms with Crippen LogP contribution in [0, 0.1) is 6.92 Å². The second-order valence-corrected chi connectivity index (χ2v) is 12.5. The van der Waals surface area contributed by atoms with Crippen molar-refractivity contribution in [2.45, 2.75) is 96.3 Å². The number of hydrogen-bond acceptors (Lipinski definition) is 2. The third kappa shape index (κ3) is 3.53.